The maximum Gasteiger partial charge on any atom is 0.305 e. The Hall–Kier alpha value is -1.51. The van der Waals surface area contributed by atoms with Crippen molar-refractivity contribution in [3.05, 3.63) is 29.8 Å². The largest absolute Gasteiger partial charge is 0.494 e. The van der Waals surface area contributed by atoms with Crippen molar-refractivity contribution in [2.75, 3.05) is 6.61 Å². The van der Waals surface area contributed by atoms with Crippen LogP contribution in [-0.4, -0.2) is 18.7 Å². The molecule has 110 valence electrons. The number of esters is 1. The summed E-state index contributed by atoms with van der Waals surface area (Å²) in [5.41, 5.74) is 1.23. The van der Waals surface area contributed by atoms with Crippen LogP contribution in [0.2, 0.25) is 0 Å². The van der Waals surface area contributed by atoms with Gasteiger partial charge in [0, 0.05) is 12.3 Å². The van der Waals surface area contributed by atoms with Crippen LogP contribution < -0.4 is 4.74 Å². The second-order valence-electron chi connectivity index (χ2n) is 5.28. The van der Waals surface area contributed by atoms with Gasteiger partial charge in [-0.3, -0.25) is 4.79 Å². The zero-order chi connectivity index (χ0) is 14.4. The molecular formula is C17H24O3. The fourth-order valence-corrected chi connectivity index (χ4v) is 2.87. The van der Waals surface area contributed by atoms with Gasteiger partial charge < -0.3 is 9.47 Å². The molecule has 1 aromatic rings. The van der Waals surface area contributed by atoms with Crippen LogP contribution in [0.5, 0.6) is 5.75 Å². The maximum atomic E-state index is 11.6. The minimum Gasteiger partial charge on any atom is -0.494 e. The second-order valence-corrected chi connectivity index (χ2v) is 5.28. The summed E-state index contributed by atoms with van der Waals surface area (Å²) in [5, 5.41) is 0. The maximum absolute atomic E-state index is 11.6. The lowest BCUT2D eigenvalue weighted by atomic mass is 9.81. The van der Waals surface area contributed by atoms with Gasteiger partial charge in [0.25, 0.3) is 0 Å². The number of hydrogen-bond donors (Lipinski definition) is 0. The summed E-state index contributed by atoms with van der Waals surface area (Å²) in [6.07, 6.45) is 4.86. The molecule has 0 saturated heterocycles. The minimum absolute atomic E-state index is 0.0214. The zero-order valence-electron chi connectivity index (χ0n) is 12.4. The third kappa shape index (κ3) is 3.75. The standard InChI is InChI=1S/C17H24O3/c1-3-17(18)20-16-11-6-5-10-15(16)13-8-7-9-14(12-13)19-4-2/h7-9,12,15-16H,3-6,10-11H2,1-2H3/t15-,16+/m0/s1. The Morgan fingerprint density at radius 1 is 1.25 bits per heavy atom. The van der Waals surface area contributed by atoms with Crippen molar-refractivity contribution in [2.24, 2.45) is 0 Å². The predicted molar refractivity (Wildman–Crippen MR) is 79.0 cm³/mol. The fourth-order valence-electron chi connectivity index (χ4n) is 2.87. The molecule has 0 spiro atoms. The quantitative estimate of drug-likeness (QED) is 0.761. The summed E-state index contributed by atoms with van der Waals surface area (Å²) in [6.45, 7) is 4.50. The van der Waals surface area contributed by atoms with Gasteiger partial charge in [-0.25, -0.2) is 0 Å². The van der Waals surface area contributed by atoms with Gasteiger partial charge in [0.1, 0.15) is 11.9 Å². The average molecular weight is 276 g/mol. The first-order chi connectivity index (χ1) is 9.74. The first-order valence-corrected chi connectivity index (χ1v) is 7.66. The number of benzene rings is 1. The molecule has 1 aromatic carbocycles. The Bertz CT molecular complexity index is 442. The van der Waals surface area contributed by atoms with Gasteiger partial charge in [-0.1, -0.05) is 25.5 Å². The Morgan fingerprint density at radius 2 is 2.05 bits per heavy atom. The molecule has 0 aliphatic heterocycles. The molecule has 0 amide bonds. The topological polar surface area (TPSA) is 35.5 Å². The molecule has 20 heavy (non-hydrogen) atoms. The Kier molecular flexibility index (Phi) is 5.45. The third-order valence-electron chi connectivity index (χ3n) is 3.87. The third-order valence-corrected chi connectivity index (χ3v) is 3.87. The van der Waals surface area contributed by atoms with Gasteiger partial charge in [-0.2, -0.15) is 0 Å². The van der Waals surface area contributed by atoms with Crippen LogP contribution in [0.4, 0.5) is 0 Å². The van der Waals surface area contributed by atoms with Gasteiger partial charge in [-0.05, 0) is 43.9 Å². The Balaban J connectivity index is 2.14. The summed E-state index contributed by atoms with van der Waals surface area (Å²) in [5.74, 6) is 1.11. The second kappa shape index (κ2) is 7.32. The van der Waals surface area contributed by atoms with Crippen molar-refractivity contribution < 1.29 is 14.3 Å². The SMILES string of the molecule is CCOc1cccc([C@@H]2CCCC[C@H]2OC(=O)CC)c1. The van der Waals surface area contributed by atoms with Gasteiger partial charge in [0.15, 0.2) is 0 Å². The molecule has 3 heteroatoms. The lowest BCUT2D eigenvalue weighted by Gasteiger charge is -2.31. The zero-order valence-corrected chi connectivity index (χ0v) is 12.4. The lowest BCUT2D eigenvalue weighted by molar-refractivity contribution is -0.151. The number of hydrogen-bond acceptors (Lipinski definition) is 3. The highest BCUT2D eigenvalue weighted by Crippen LogP contribution is 2.36. The van der Waals surface area contributed by atoms with Crippen LogP contribution in [0.15, 0.2) is 24.3 Å². The van der Waals surface area contributed by atoms with Gasteiger partial charge in [-0.15, -0.1) is 0 Å². The highest BCUT2D eigenvalue weighted by molar-refractivity contribution is 5.69. The summed E-state index contributed by atoms with van der Waals surface area (Å²) in [4.78, 5) is 11.6. The number of carbonyl (C=O) groups excluding carboxylic acids is 1. The van der Waals surface area contributed by atoms with Crippen LogP contribution in [0.3, 0.4) is 0 Å². The van der Waals surface area contributed by atoms with Crippen molar-refractivity contribution in [3.63, 3.8) is 0 Å². The van der Waals surface area contributed by atoms with Crippen LogP contribution in [0.1, 0.15) is 57.4 Å². The highest BCUT2D eigenvalue weighted by Gasteiger charge is 2.29. The van der Waals surface area contributed by atoms with E-state index in [2.05, 4.69) is 12.1 Å². The molecular weight excluding hydrogens is 252 g/mol. The minimum atomic E-state index is -0.0946. The van der Waals surface area contributed by atoms with Crippen LogP contribution in [-0.2, 0) is 9.53 Å². The molecule has 0 radical (unpaired) electrons. The first-order valence-electron chi connectivity index (χ1n) is 7.66. The van der Waals surface area contributed by atoms with Crippen molar-refractivity contribution in [1.82, 2.24) is 0 Å². The van der Waals surface area contributed by atoms with E-state index in [0.29, 0.717) is 18.9 Å². The molecule has 1 fully saturated rings. The Labute approximate surface area is 121 Å². The van der Waals surface area contributed by atoms with E-state index in [9.17, 15) is 4.79 Å². The summed E-state index contributed by atoms with van der Waals surface area (Å²) < 4.78 is 11.2. The normalized spacial score (nSPS) is 22.3. The molecule has 0 unspecified atom stereocenters. The van der Waals surface area contributed by atoms with Gasteiger partial charge in [0.05, 0.1) is 6.61 Å². The van der Waals surface area contributed by atoms with E-state index in [0.717, 1.165) is 25.0 Å². The van der Waals surface area contributed by atoms with E-state index in [4.69, 9.17) is 9.47 Å². The fraction of sp³-hybridized carbons (Fsp3) is 0.588. The number of rotatable bonds is 5. The molecule has 3 nitrogen and oxygen atoms in total. The van der Waals surface area contributed by atoms with Gasteiger partial charge >= 0.3 is 5.97 Å². The van der Waals surface area contributed by atoms with E-state index >= 15 is 0 Å². The molecule has 1 aliphatic rings. The molecule has 0 bridgehead atoms. The predicted octanol–water partition coefficient (Wildman–Crippen LogP) is 4.06. The molecule has 2 atom stereocenters. The molecule has 1 saturated carbocycles. The highest BCUT2D eigenvalue weighted by atomic mass is 16.5. The first kappa shape index (κ1) is 14.9. The number of carbonyl (C=O) groups is 1. The average Bonchev–Trinajstić information content (AvgIpc) is 2.48. The van der Waals surface area contributed by atoms with Crippen LogP contribution in [0, 0.1) is 0 Å². The van der Waals surface area contributed by atoms with Gasteiger partial charge in [0.2, 0.25) is 0 Å². The lowest BCUT2D eigenvalue weighted by Crippen LogP contribution is -2.28. The molecule has 0 heterocycles. The van der Waals surface area contributed by atoms with E-state index in [1.807, 2.05) is 26.0 Å². The molecule has 1 aliphatic carbocycles. The number of ether oxygens (including phenoxy) is 2. The van der Waals surface area contributed by atoms with E-state index in [-0.39, 0.29) is 12.1 Å². The molecule has 0 N–H and O–H groups in total. The summed E-state index contributed by atoms with van der Waals surface area (Å²) >= 11 is 0. The van der Waals surface area contributed by atoms with Crippen LogP contribution in [0.25, 0.3) is 0 Å². The Morgan fingerprint density at radius 3 is 2.80 bits per heavy atom. The summed E-state index contributed by atoms with van der Waals surface area (Å²) in [7, 11) is 0. The molecule has 2 rings (SSSR count). The van der Waals surface area contributed by atoms with E-state index < -0.39 is 0 Å². The molecule has 0 aromatic heterocycles. The monoisotopic (exact) mass is 276 g/mol. The van der Waals surface area contributed by atoms with E-state index in [1.165, 1.54) is 12.0 Å². The van der Waals surface area contributed by atoms with Crippen LogP contribution >= 0.6 is 0 Å². The van der Waals surface area contributed by atoms with Crippen molar-refractivity contribution in [1.29, 1.82) is 0 Å². The van der Waals surface area contributed by atoms with E-state index in [1.54, 1.807) is 0 Å². The van der Waals surface area contributed by atoms with Crippen molar-refractivity contribution in [2.45, 2.75) is 58.0 Å². The van der Waals surface area contributed by atoms with Crippen molar-refractivity contribution >= 4 is 5.97 Å². The summed E-state index contributed by atoms with van der Waals surface area (Å²) in [6, 6.07) is 8.20. The van der Waals surface area contributed by atoms with Crippen molar-refractivity contribution in [3.8, 4) is 5.75 Å². The smallest absolute Gasteiger partial charge is 0.305 e.